The summed E-state index contributed by atoms with van der Waals surface area (Å²) in [6.07, 6.45) is 7.40. The average molecular weight is 275 g/mol. The Kier molecular flexibility index (Phi) is 2.57. The maximum absolute atomic E-state index is 4.50. The van der Waals surface area contributed by atoms with Crippen molar-refractivity contribution < 1.29 is 0 Å². The summed E-state index contributed by atoms with van der Waals surface area (Å²) in [5.74, 6) is 0. The molecule has 0 unspecified atom stereocenters. The van der Waals surface area contributed by atoms with Gasteiger partial charge in [-0.1, -0.05) is 12.1 Å². The minimum absolute atomic E-state index is 0.877. The highest BCUT2D eigenvalue weighted by molar-refractivity contribution is 5.80. The van der Waals surface area contributed by atoms with Gasteiger partial charge in [-0.3, -0.25) is 0 Å². The number of hydrogen-bond donors (Lipinski definition) is 0. The highest BCUT2D eigenvalue weighted by atomic mass is 15.3. The fourth-order valence-corrected chi connectivity index (χ4v) is 2.54. The Hall–Kier alpha value is -2.95. The van der Waals surface area contributed by atoms with E-state index in [1.54, 1.807) is 12.4 Å². The van der Waals surface area contributed by atoms with Crippen LogP contribution in [0.3, 0.4) is 0 Å². The van der Waals surface area contributed by atoms with Crippen molar-refractivity contribution in [1.29, 1.82) is 0 Å². The zero-order valence-corrected chi connectivity index (χ0v) is 11.5. The highest BCUT2D eigenvalue weighted by Gasteiger charge is 2.12. The van der Waals surface area contributed by atoms with Gasteiger partial charge in [0, 0.05) is 30.4 Å². The Morgan fingerprint density at radius 3 is 2.52 bits per heavy atom. The monoisotopic (exact) mass is 275 g/mol. The molecule has 0 radical (unpaired) electrons. The average Bonchev–Trinajstić information content (AvgIpc) is 3.14. The third kappa shape index (κ3) is 1.90. The molecule has 102 valence electrons. The lowest BCUT2D eigenvalue weighted by Gasteiger charge is -2.04. The largest absolute Gasteiger partial charge is 0.241 e. The molecule has 1 aromatic carbocycles. The molecule has 0 fully saturated rings. The van der Waals surface area contributed by atoms with Crippen molar-refractivity contribution in [3.63, 3.8) is 0 Å². The van der Waals surface area contributed by atoms with Crippen LogP contribution in [0.25, 0.3) is 22.5 Å². The Morgan fingerprint density at radius 1 is 0.952 bits per heavy atom. The van der Waals surface area contributed by atoms with E-state index in [2.05, 4.69) is 27.3 Å². The summed E-state index contributed by atoms with van der Waals surface area (Å²) in [6, 6.07) is 12.0. The first-order valence-corrected chi connectivity index (χ1v) is 6.73. The SMILES string of the molecule is Cc1nn2cccnc2c1-c1ccc(-n2cccn2)cc1. The molecule has 0 aliphatic carbocycles. The van der Waals surface area contributed by atoms with Gasteiger partial charge in [0.2, 0.25) is 0 Å². The molecule has 4 rings (SSSR count). The van der Waals surface area contributed by atoms with Crippen LogP contribution in [0.2, 0.25) is 0 Å². The van der Waals surface area contributed by atoms with E-state index in [0.717, 1.165) is 28.2 Å². The van der Waals surface area contributed by atoms with Crippen molar-refractivity contribution in [1.82, 2.24) is 24.4 Å². The van der Waals surface area contributed by atoms with Gasteiger partial charge < -0.3 is 0 Å². The molecule has 3 heterocycles. The van der Waals surface area contributed by atoms with E-state index < -0.39 is 0 Å². The topological polar surface area (TPSA) is 48.0 Å². The van der Waals surface area contributed by atoms with E-state index in [-0.39, 0.29) is 0 Å². The van der Waals surface area contributed by atoms with Crippen molar-refractivity contribution >= 4 is 5.65 Å². The Bertz CT molecular complexity index is 888. The second-order valence-corrected chi connectivity index (χ2v) is 4.85. The molecule has 0 saturated carbocycles. The van der Waals surface area contributed by atoms with Gasteiger partial charge in [0.25, 0.3) is 0 Å². The van der Waals surface area contributed by atoms with Gasteiger partial charge in [-0.15, -0.1) is 0 Å². The second kappa shape index (κ2) is 4.56. The summed E-state index contributed by atoms with van der Waals surface area (Å²) in [5, 5.41) is 8.73. The maximum atomic E-state index is 4.50. The number of aryl methyl sites for hydroxylation is 1. The summed E-state index contributed by atoms with van der Waals surface area (Å²) in [4.78, 5) is 4.43. The van der Waals surface area contributed by atoms with Crippen LogP contribution in [0.1, 0.15) is 5.69 Å². The lowest BCUT2D eigenvalue weighted by atomic mass is 10.1. The summed E-state index contributed by atoms with van der Waals surface area (Å²) < 4.78 is 3.65. The van der Waals surface area contributed by atoms with Crippen LogP contribution < -0.4 is 0 Å². The van der Waals surface area contributed by atoms with E-state index >= 15 is 0 Å². The van der Waals surface area contributed by atoms with E-state index in [0.29, 0.717) is 0 Å². The minimum atomic E-state index is 0.877. The summed E-state index contributed by atoms with van der Waals surface area (Å²) in [6.45, 7) is 2.01. The third-order valence-electron chi connectivity index (χ3n) is 3.50. The van der Waals surface area contributed by atoms with Crippen molar-refractivity contribution in [3.05, 3.63) is 66.9 Å². The molecule has 3 aromatic heterocycles. The number of benzene rings is 1. The molecule has 4 aromatic rings. The van der Waals surface area contributed by atoms with Crippen LogP contribution in [-0.4, -0.2) is 24.4 Å². The Morgan fingerprint density at radius 2 is 1.76 bits per heavy atom. The predicted molar refractivity (Wildman–Crippen MR) is 80.3 cm³/mol. The fraction of sp³-hybridized carbons (Fsp3) is 0.0625. The third-order valence-corrected chi connectivity index (χ3v) is 3.50. The van der Waals surface area contributed by atoms with Gasteiger partial charge in [-0.25, -0.2) is 14.2 Å². The number of fused-ring (bicyclic) bond motifs is 1. The molecule has 0 atom stereocenters. The smallest absolute Gasteiger partial charge is 0.163 e. The molecule has 0 N–H and O–H groups in total. The summed E-state index contributed by atoms with van der Waals surface area (Å²) in [5.41, 5.74) is 5.06. The van der Waals surface area contributed by atoms with Crippen LogP contribution in [0.4, 0.5) is 0 Å². The fourth-order valence-electron chi connectivity index (χ4n) is 2.54. The zero-order valence-electron chi connectivity index (χ0n) is 11.5. The first-order valence-electron chi connectivity index (χ1n) is 6.73. The van der Waals surface area contributed by atoms with Crippen LogP contribution in [0.15, 0.2) is 61.2 Å². The molecular formula is C16H13N5. The van der Waals surface area contributed by atoms with Crippen molar-refractivity contribution in [3.8, 4) is 16.8 Å². The van der Waals surface area contributed by atoms with Crippen molar-refractivity contribution in [2.45, 2.75) is 6.92 Å². The molecule has 0 amide bonds. The first-order chi connectivity index (χ1) is 10.3. The van der Waals surface area contributed by atoms with Crippen molar-refractivity contribution in [2.75, 3.05) is 0 Å². The van der Waals surface area contributed by atoms with Gasteiger partial charge >= 0.3 is 0 Å². The number of rotatable bonds is 2. The van der Waals surface area contributed by atoms with Crippen LogP contribution in [0, 0.1) is 6.92 Å². The zero-order chi connectivity index (χ0) is 14.2. The molecule has 0 spiro atoms. The number of aromatic nitrogens is 5. The molecular weight excluding hydrogens is 262 g/mol. The molecule has 5 heteroatoms. The number of nitrogens with zero attached hydrogens (tertiary/aromatic N) is 5. The van der Waals surface area contributed by atoms with Gasteiger partial charge in [-0.2, -0.15) is 10.2 Å². The minimum Gasteiger partial charge on any atom is -0.241 e. The lowest BCUT2D eigenvalue weighted by molar-refractivity contribution is 0.881. The van der Waals surface area contributed by atoms with Crippen LogP contribution >= 0.6 is 0 Å². The second-order valence-electron chi connectivity index (χ2n) is 4.85. The van der Waals surface area contributed by atoms with Crippen LogP contribution in [0.5, 0.6) is 0 Å². The normalized spacial score (nSPS) is 11.1. The van der Waals surface area contributed by atoms with E-state index in [4.69, 9.17) is 0 Å². The van der Waals surface area contributed by atoms with Gasteiger partial charge in [0.15, 0.2) is 5.65 Å². The standard InChI is InChI=1S/C16H13N5/c1-12-15(16-17-8-2-11-21(16)19-12)13-4-6-14(7-5-13)20-10-3-9-18-20/h2-11H,1H3. The van der Waals surface area contributed by atoms with Gasteiger partial charge in [-0.05, 0) is 36.8 Å². The summed E-state index contributed by atoms with van der Waals surface area (Å²) >= 11 is 0. The van der Waals surface area contributed by atoms with E-state index in [1.165, 1.54) is 0 Å². The Balaban J connectivity index is 1.84. The molecule has 0 bridgehead atoms. The lowest BCUT2D eigenvalue weighted by Crippen LogP contribution is -1.93. The highest BCUT2D eigenvalue weighted by Crippen LogP contribution is 2.27. The molecule has 0 aliphatic heterocycles. The van der Waals surface area contributed by atoms with Crippen molar-refractivity contribution in [2.24, 2.45) is 0 Å². The van der Waals surface area contributed by atoms with E-state index in [9.17, 15) is 0 Å². The molecule has 0 aliphatic rings. The van der Waals surface area contributed by atoms with Gasteiger partial charge in [0.1, 0.15) is 0 Å². The van der Waals surface area contributed by atoms with Gasteiger partial charge in [0.05, 0.1) is 11.4 Å². The summed E-state index contributed by atoms with van der Waals surface area (Å²) in [7, 11) is 0. The quantitative estimate of drug-likeness (QED) is 0.565. The molecule has 5 nitrogen and oxygen atoms in total. The predicted octanol–water partition coefficient (Wildman–Crippen LogP) is 2.89. The van der Waals surface area contributed by atoms with Crippen LogP contribution in [-0.2, 0) is 0 Å². The molecule has 0 saturated heterocycles. The first kappa shape index (κ1) is 11.8. The van der Waals surface area contributed by atoms with E-state index in [1.807, 2.05) is 52.8 Å². The molecule has 21 heavy (non-hydrogen) atoms. The Labute approximate surface area is 121 Å². The maximum Gasteiger partial charge on any atom is 0.163 e. The number of hydrogen-bond acceptors (Lipinski definition) is 3.